The number of hydrogen-bond donors (Lipinski definition) is 0. The Hall–Kier alpha value is -1.91. The molecule has 0 bridgehead atoms. The summed E-state index contributed by atoms with van der Waals surface area (Å²) >= 11 is 1.67. The minimum atomic E-state index is -0.379. The lowest BCUT2D eigenvalue weighted by Gasteiger charge is -2.31. The summed E-state index contributed by atoms with van der Waals surface area (Å²) in [4.78, 5) is 16.0. The lowest BCUT2D eigenvalue weighted by molar-refractivity contribution is -0.130. The number of thiophene rings is 1. The molecule has 0 fully saturated rings. The van der Waals surface area contributed by atoms with Crippen LogP contribution in [0.15, 0.2) is 53.4 Å². The van der Waals surface area contributed by atoms with E-state index in [0.717, 1.165) is 5.69 Å². The minimum absolute atomic E-state index is 0.0474. The molecule has 1 aliphatic rings. The Labute approximate surface area is 147 Å². The Morgan fingerprint density at radius 2 is 2.04 bits per heavy atom. The molecule has 3 nitrogen and oxygen atoms in total. The van der Waals surface area contributed by atoms with Gasteiger partial charge in [-0.3, -0.25) is 4.79 Å². The summed E-state index contributed by atoms with van der Waals surface area (Å²) in [7, 11) is 0. The molecule has 1 amide bonds. The predicted octanol–water partition coefficient (Wildman–Crippen LogP) is 4.89. The highest BCUT2D eigenvalue weighted by Gasteiger charge is 2.29. The summed E-state index contributed by atoms with van der Waals surface area (Å²) in [5, 5.41) is 2.06. The average molecular weight is 341 g/mol. The summed E-state index contributed by atoms with van der Waals surface area (Å²) in [5.74, 6) is 0.0474. The van der Waals surface area contributed by atoms with Crippen molar-refractivity contribution in [3.05, 3.63) is 53.4 Å². The molecule has 1 aliphatic heterocycles. The highest BCUT2D eigenvalue weighted by molar-refractivity contribution is 7.14. The van der Waals surface area contributed by atoms with E-state index in [-0.39, 0.29) is 18.1 Å². The molecule has 0 aliphatic carbocycles. The standard InChI is InChI=1S/C20H23NO2S/c1-14(2)21(20(22)18-10-9-15(3)12-23-18)17-11-19(24-13-17)16-7-5-4-6-8-16/h4-9,11,13-14,18H,10,12H2,1-3H3. The van der Waals surface area contributed by atoms with E-state index in [4.69, 9.17) is 4.74 Å². The van der Waals surface area contributed by atoms with Crippen molar-refractivity contribution in [3.8, 4) is 10.4 Å². The monoisotopic (exact) mass is 341 g/mol. The third kappa shape index (κ3) is 3.60. The first-order chi connectivity index (χ1) is 11.6. The molecule has 0 saturated carbocycles. The molecular formula is C20H23NO2S. The number of carbonyl (C=O) groups excluding carboxylic acids is 1. The smallest absolute Gasteiger partial charge is 0.256 e. The van der Waals surface area contributed by atoms with Crippen molar-refractivity contribution in [2.75, 3.05) is 11.5 Å². The number of hydrogen-bond acceptors (Lipinski definition) is 3. The van der Waals surface area contributed by atoms with Crippen LogP contribution in [0, 0.1) is 0 Å². The predicted molar refractivity (Wildman–Crippen MR) is 100 cm³/mol. The molecular weight excluding hydrogens is 318 g/mol. The van der Waals surface area contributed by atoms with E-state index in [2.05, 4.69) is 29.7 Å². The van der Waals surface area contributed by atoms with E-state index in [9.17, 15) is 4.79 Å². The summed E-state index contributed by atoms with van der Waals surface area (Å²) < 4.78 is 5.74. The van der Waals surface area contributed by atoms with E-state index in [1.165, 1.54) is 16.0 Å². The Bertz CT molecular complexity index is 733. The number of carbonyl (C=O) groups is 1. The van der Waals surface area contributed by atoms with Crippen molar-refractivity contribution >= 4 is 22.9 Å². The molecule has 0 N–H and O–H groups in total. The van der Waals surface area contributed by atoms with Gasteiger partial charge in [-0.05, 0) is 32.4 Å². The zero-order chi connectivity index (χ0) is 17.1. The molecule has 2 aromatic rings. The van der Waals surface area contributed by atoms with Crippen molar-refractivity contribution in [3.63, 3.8) is 0 Å². The zero-order valence-corrected chi connectivity index (χ0v) is 15.2. The van der Waals surface area contributed by atoms with Gasteiger partial charge in [-0.2, -0.15) is 0 Å². The van der Waals surface area contributed by atoms with E-state index < -0.39 is 0 Å². The Morgan fingerprint density at radius 3 is 2.67 bits per heavy atom. The van der Waals surface area contributed by atoms with Crippen LogP contribution in [0.2, 0.25) is 0 Å². The van der Waals surface area contributed by atoms with Crippen LogP contribution in [0.25, 0.3) is 10.4 Å². The van der Waals surface area contributed by atoms with Gasteiger partial charge < -0.3 is 9.64 Å². The van der Waals surface area contributed by atoms with Crippen LogP contribution >= 0.6 is 11.3 Å². The van der Waals surface area contributed by atoms with Crippen LogP contribution in [-0.2, 0) is 9.53 Å². The molecule has 1 unspecified atom stereocenters. The molecule has 0 radical (unpaired) electrons. The van der Waals surface area contributed by atoms with Gasteiger partial charge >= 0.3 is 0 Å². The van der Waals surface area contributed by atoms with Crippen LogP contribution in [0.5, 0.6) is 0 Å². The van der Waals surface area contributed by atoms with Crippen molar-refractivity contribution < 1.29 is 9.53 Å². The average Bonchev–Trinajstić information content (AvgIpc) is 3.05. The molecule has 4 heteroatoms. The van der Waals surface area contributed by atoms with Gasteiger partial charge in [0.1, 0.15) is 6.10 Å². The van der Waals surface area contributed by atoms with Gasteiger partial charge in [-0.15, -0.1) is 11.3 Å². The summed E-state index contributed by atoms with van der Waals surface area (Å²) in [6.45, 7) is 6.66. The summed E-state index contributed by atoms with van der Waals surface area (Å²) in [5.41, 5.74) is 3.32. The third-order valence-electron chi connectivity index (χ3n) is 4.14. The first kappa shape index (κ1) is 16.9. The second-order valence-electron chi connectivity index (χ2n) is 6.42. The molecule has 126 valence electrons. The third-order valence-corrected chi connectivity index (χ3v) is 5.11. The molecule has 2 heterocycles. The SMILES string of the molecule is CC1=CCC(C(=O)N(c2csc(-c3ccccc3)c2)C(C)C)OC1. The highest BCUT2D eigenvalue weighted by atomic mass is 32.1. The van der Waals surface area contributed by atoms with Crippen LogP contribution < -0.4 is 4.90 Å². The summed E-state index contributed by atoms with van der Waals surface area (Å²) in [6.07, 6.45) is 2.38. The largest absolute Gasteiger partial charge is 0.364 e. The molecule has 0 spiro atoms. The van der Waals surface area contributed by atoms with Crippen LogP contribution in [0.4, 0.5) is 5.69 Å². The van der Waals surface area contributed by atoms with Crippen LogP contribution in [-0.4, -0.2) is 24.7 Å². The van der Waals surface area contributed by atoms with Gasteiger partial charge in [-0.25, -0.2) is 0 Å². The number of rotatable bonds is 4. The molecule has 1 atom stereocenters. The maximum Gasteiger partial charge on any atom is 0.256 e. The van der Waals surface area contributed by atoms with Crippen LogP contribution in [0.3, 0.4) is 0 Å². The lowest BCUT2D eigenvalue weighted by Crippen LogP contribution is -2.45. The maximum absolute atomic E-state index is 13.0. The second-order valence-corrected chi connectivity index (χ2v) is 7.33. The number of ether oxygens (including phenoxy) is 1. The van der Waals surface area contributed by atoms with E-state index in [1.54, 1.807) is 11.3 Å². The van der Waals surface area contributed by atoms with E-state index in [1.807, 2.05) is 43.9 Å². The van der Waals surface area contributed by atoms with Crippen LogP contribution in [0.1, 0.15) is 27.2 Å². The first-order valence-electron chi connectivity index (χ1n) is 8.30. The van der Waals surface area contributed by atoms with Crippen molar-refractivity contribution in [2.24, 2.45) is 0 Å². The van der Waals surface area contributed by atoms with E-state index in [0.29, 0.717) is 13.0 Å². The van der Waals surface area contributed by atoms with Gasteiger partial charge in [0.2, 0.25) is 0 Å². The molecule has 0 saturated heterocycles. The normalized spacial score (nSPS) is 17.7. The van der Waals surface area contributed by atoms with Gasteiger partial charge in [0.05, 0.1) is 12.3 Å². The Kier molecular flexibility index (Phi) is 5.17. The Morgan fingerprint density at radius 1 is 1.29 bits per heavy atom. The number of nitrogens with zero attached hydrogens (tertiary/aromatic N) is 1. The highest BCUT2D eigenvalue weighted by Crippen LogP contribution is 2.33. The van der Waals surface area contributed by atoms with Gasteiger partial charge in [0, 0.05) is 22.7 Å². The second kappa shape index (κ2) is 7.32. The fourth-order valence-electron chi connectivity index (χ4n) is 2.88. The van der Waals surface area contributed by atoms with Crippen molar-refractivity contribution in [2.45, 2.75) is 39.3 Å². The molecule has 24 heavy (non-hydrogen) atoms. The number of anilines is 1. The zero-order valence-electron chi connectivity index (χ0n) is 14.4. The fourth-order valence-corrected chi connectivity index (χ4v) is 3.77. The van der Waals surface area contributed by atoms with Crippen molar-refractivity contribution in [1.29, 1.82) is 0 Å². The van der Waals surface area contributed by atoms with E-state index >= 15 is 0 Å². The summed E-state index contributed by atoms with van der Waals surface area (Å²) in [6, 6.07) is 12.4. The van der Waals surface area contributed by atoms with Crippen molar-refractivity contribution in [1.82, 2.24) is 0 Å². The number of benzene rings is 1. The first-order valence-corrected chi connectivity index (χ1v) is 9.18. The number of amides is 1. The minimum Gasteiger partial charge on any atom is -0.364 e. The fraction of sp³-hybridized carbons (Fsp3) is 0.350. The molecule has 3 rings (SSSR count). The van der Waals surface area contributed by atoms with Gasteiger partial charge in [0.15, 0.2) is 0 Å². The quantitative estimate of drug-likeness (QED) is 0.741. The van der Waals surface area contributed by atoms with Gasteiger partial charge in [0.25, 0.3) is 5.91 Å². The lowest BCUT2D eigenvalue weighted by atomic mass is 10.1. The Balaban J connectivity index is 1.84. The molecule has 1 aromatic heterocycles. The maximum atomic E-state index is 13.0. The topological polar surface area (TPSA) is 29.5 Å². The van der Waals surface area contributed by atoms with Gasteiger partial charge in [-0.1, -0.05) is 42.0 Å². The molecule has 1 aromatic carbocycles.